The number of amides is 1. The van der Waals surface area contributed by atoms with Gasteiger partial charge in [-0.1, -0.05) is 84.9 Å². The molecule has 5 rings (SSSR count). The van der Waals surface area contributed by atoms with Crippen LogP contribution in [0.1, 0.15) is 11.1 Å². The monoisotopic (exact) mass is 679 g/mol. The van der Waals surface area contributed by atoms with E-state index in [2.05, 4.69) is 96.9 Å². The molecule has 1 fully saturated rings. The number of hydrogen-bond acceptors (Lipinski definition) is 5. The Kier molecular flexibility index (Phi) is 12.5. The van der Waals surface area contributed by atoms with Gasteiger partial charge < -0.3 is 25.7 Å². The molecule has 4 aromatic rings. The summed E-state index contributed by atoms with van der Waals surface area (Å²) in [6.07, 6.45) is -8.90. The lowest BCUT2D eigenvalue weighted by Crippen LogP contribution is -2.55. The third-order valence-electron chi connectivity index (χ3n) is 7.83. The minimum atomic E-state index is -5.08. The van der Waals surface area contributed by atoms with E-state index in [1.807, 2.05) is 4.90 Å². The Morgan fingerprint density at radius 3 is 1.33 bits per heavy atom. The fraction of sp³-hybridized carbons (Fsp3) is 0.324. The van der Waals surface area contributed by atoms with Gasteiger partial charge in [-0.05, 0) is 52.6 Å². The van der Waals surface area contributed by atoms with E-state index >= 15 is 0 Å². The Labute approximate surface area is 272 Å². The molecule has 1 heterocycles. The molecule has 1 saturated heterocycles. The van der Waals surface area contributed by atoms with E-state index < -0.39 is 29.7 Å². The van der Waals surface area contributed by atoms with Gasteiger partial charge in [0.05, 0.1) is 5.41 Å². The topological polar surface area (TPSA) is 124 Å². The number of carboxylic acids is 2. The average Bonchev–Trinajstić information content (AvgIpc) is 3.04. The molecule has 0 saturated carbocycles. The summed E-state index contributed by atoms with van der Waals surface area (Å²) < 4.78 is 63.5. The Hall–Kier alpha value is -4.69. The maximum atomic E-state index is 14.1. The zero-order valence-corrected chi connectivity index (χ0v) is 25.9. The summed E-state index contributed by atoms with van der Waals surface area (Å²) in [7, 11) is 2.11. The summed E-state index contributed by atoms with van der Waals surface area (Å²) >= 11 is 0. The van der Waals surface area contributed by atoms with Crippen molar-refractivity contribution in [3.63, 3.8) is 0 Å². The van der Waals surface area contributed by atoms with E-state index in [4.69, 9.17) is 25.5 Å². The highest BCUT2D eigenvalue weighted by Gasteiger charge is 2.41. The van der Waals surface area contributed by atoms with Crippen molar-refractivity contribution in [2.45, 2.75) is 25.2 Å². The molecule has 0 atom stereocenters. The lowest BCUT2D eigenvalue weighted by Gasteiger charge is -2.40. The second kappa shape index (κ2) is 15.9. The number of nitrogens with zero attached hydrogens (tertiary/aromatic N) is 2. The first-order chi connectivity index (χ1) is 22.4. The molecule has 8 nitrogen and oxygen atoms in total. The van der Waals surface area contributed by atoms with Crippen LogP contribution in [0.5, 0.6) is 0 Å². The summed E-state index contributed by atoms with van der Waals surface area (Å²) in [6, 6.07) is 29.8. The lowest BCUT2D eigenvalue weighted by molar-refractivity contribution is -0.193. The number of aliphatic carboxylic acids is 2. The molecule has 258 valence electrons. The summed E-state index contributed by atoms with van der Waals surface area (Å²) in [6.45, 7) is 3.63. The predicted octanol–water partition coefficient (Wildman–Crippen LogP) is 5.76. The van der Waals surface area contributed by atoms with Crippen LogP contribution in [0.4, 0.5) is 26.3 Å². The van der Waals surface area contributed by atoms with Gasteiger partial charge in [-0.15, -0.1) is 0 Å². The molecule has 48 heavy (non-hydrogen) atoms. The molecule has 0 radical (unpaired) electrons. The number of likely N-dealkylation sites (N-methyl/N-ethyl adjacent to an activating group) is 1. The van der Waals surface area contributed by atoms with Crippen molar-refractivity contribution in [3.05, 3.63) is 96.1 Å². The first-order valence-electron chi connectivity index (χ1n) is 14.7. The zero-order chi connectivity index (χ0) is 35.7. The van der Waals surface area contributed by atoms with Gasteiger partial charge in [0.25, 0.3) is 0 Å². The molecule has 0 spiro atoms. The van der Waals surface area contributed by atoms with Crippen molar-refractivity contribution < 1.29 is 50.9 Å². The number of carbonyl (C=O) groups is 3. The van der Waals surface area contributed by atoms with E-state index in [9.17, 15) is 31.1 Å². The van der Waals surface area contributed by atoms with Gasteiger partial charge in [0, 0.05) is 32.7 Å². The quantitative estimate of drug-likeness (QED) is 0.221. The number of carbonyl (C=O) groups excluding carboxylic acids is 1. The van der Waals surface area contributed by atoms with Crippen LogP contribution in [0, 0.1) is 5.41 Å². The molecule has 4 aromatic carbocycles. The van der Waals surface area contributed by atoms with Crippen LogP contribution in [-0.4, -0.2) is 90.0 Å². The first kappa shape index (κ1) is 37.8. The standard InChI is InChI=1S/C30H33N3O.2C2HF3O2/c1-32-14-16-33(17-15-32)29(34)30(22-31,20-23-10-12-25-6-2-4-8-27(25)18-23)21-24-11-13-26-7-3-5-9-28(26)19-24;2*3-2(4,5)1(6)7/h2-13,18-19H,14-17,20-22,31H2,1H3;2*(H,6,7). The van der Waals surface area contributed by atoms with E-state index in [1.165, 1.54) is 21.5 Å². The summed E-state index contributed by atoms with van der Waals surface area (Å²) in [5.74, 6) is -5.33. The van der Waals surface area contributed by atoms with Gasteiger partial charge in [0.15, 0.2) is 0 Å². The van der Waals surface area contributed by atoms with Crippen molar-refractivity contribution in [3.8, 4) is 0 Å². The highest BCUT2D eigenvalue weighted by atomic mass is 19.4. The van der Waals surface area contributed by atoms with Gasteiger partial charge in [-0.2, -0.15) is 26.3 Å². The molecule has 1 amide bonds. The van der Waals surface area contributed by atoms with Crippen LogP contribution in [0.15, 0.2) is 84.9 Å². The van der Waals surface area contributed by atoms with Gasteiger partial charge in [0.1, 0.15) is 0 Å². The normalized spacial score (nSPS) is 14.0. The first-order valence-corrected chi connectivity index (χ1v) is 14.7. The SMILES string of the molecule is CN1CCN(C(=O)C(CN)(Cc2ccc3ccccc3c2)Cc2ccc3ccccc3c2)CC1.O=C(O)C(F)(F)F.O=C(O)C(F)(F)F. The number of hydrogen-bond donors (Lipinski definition) is 3. The van der Waals surface area contributed by atoms with E-state index in [0.29, 0.717) is 19.4 Å². The van der Waals surface area contributed by atoms with Crippen molar-refractivity contribution in [1.82, 2.24) is 9.80 Å². The average molecular weight is 680 g/mol. The van der Waals surface area contributed by atoms with E-state index in [-0.39, 0.29) is 5.91 Å². The Balaban J connectivity index is 0.000000376. The number of carboxylic acid groups (broad SMARTS) is 2. The minimum Gasteiger partial charge on any atom is -0.475 e. The summed E-state index contributed by atoms with van der Waals surface area (Å²) in [5.41, 5.74) is 8.15. The summed E-state index contributed by atoms with van der Waals surface area (Å²) in [5, 5.41) is 19.1. The third-order valence-corrected chi connectivity index (χ3v) is 7.83. The molecule has 0 bridgehead atoms. The Morgan fingerprint density at radius 1 is 0.646 bits per heavy atom. The van der Waals surface area contributed by atoms with Crippen molar-refractivity contribution in [1.29, 1.82) is 0 Å². The summed E-state index contributed by atoms with van der Waals surface area (Å²) in [4.78, 5) is 36.2. The van der Waals surface area contributed by atoms with Crippen LogP contribution in [-0.2, 0) is 27.2 Å². The minimum absolute atomic E-state index is 0.185. The molecular weight excluding hydrogens is 644 g/mol. The molecular formula is C34H35F6N3O5. The van der Waals surface area contributed by atoms with E-state index in [0.717, 1.165) is 37.3 Å². The molecule has 1 aliphatic heterocycles. The number of piperazine rings is 1. The third kappa shape index (κ3) is 10.4. The van der Waals surface area contributed by atoms with Crippen molar-refractivity contribution >= 4 is 39.4 Å². The Bertz CT molecular complexity index is 1610. The van der Waals surface area contributed by atoms with Crippen LogP contribution in [0.3, 0.4) is 0 Å². The van der Waals surface area contributed by atoms with Crippen LogP contribution < -0.4 is 5.73 Å². The maximum absolute atomic E-state index is 14.1. The zero-order valence-electron chi connectivity index (χ0n) is 25.9. The van der Waals surface area contributed by atoms with Crippen LogP contribution >= 0.6 is 0 Å². The molecule has 0 aliphatic carbocycles. The fourth-order valence-electron chi connectivity index (χ4n) is 5.27. The number of benzene rings is 4. The highest BCUT2D eigenvalue weighted by Crippen LogP contribution is 2.32. The van der Waals surface area contributed by atoms with E-state index in [1.54, 1.807) is 0 Å². The maximum Gasteiger partial charge on any atom is 0.490 e. The lowest BCUT2D eigenvalue weighted by atomic mass is 9.74. The number of alkyl halides is 6. The molecule has 14 heteroatoms. The van der Waals surface area contributed by atoms with Crippen molar-refractivity contribution in [2.75, 3.05) is 39.8 Å². The van der Waals surface area contributed by atoms with Gasteiger partial charge >= 0.3 is 24.3 Å². The van der Waals surface area contributed by atoms with Gasteiger partial charge in [0.2, 0.25) is 5.91 Å². The highest BCUT2D eigenvalue weighted by molar-refractivity contribution is 5.87. The van der Waals surface area contributed by atoms with Crippen LogP contribution in [0.25, 0.3) is 21.5 Å². The predicted molar refractivity (Wildman–Crippen MR) is 168 cm³/mol. The number of fused-ring (bicyclic) bond motifs is 2. The Morgan fingerprint density at radius 2 is 1.00 bits per heavy atom. The molecule has 0 aromatic heterocycles. The number of halogens is 6. The number of rotatable bonds is 6. The second-order valence-corrected chi connectivity index (χ2v) is 11.4. The van der Waals surface area contributed by atoms with Gasteiger partial charge in [-0.3, -0.25) is 4.79 Å². The fourth-order valence-corrected chi connectivity index (χ4v) is 5.27. The smallest absolute Gasteiger partial charge is 0.475 e. The second-order valence-electron chi connectivity index (χ2n) is 11.4. The molecule has 4 N–H and O–H groups in total. The molecule has 1 aliphatic rings. The van der Waals surface area contributed by atoms with Gasteiger partial charge in [-0.25, -0.2) is 9.59 Å². The number of nitrogens with two attached hydrogens (primary N) is 1. The largest absolute Gasteiger partial charge is 0.490 e. The van der Waals surface area contributed by atoms with Crippen LogP contribution in [0.2, 0.25) is 0 Å². The van der Waals surface area contributed by atoms with Crippen molar-refractivity contribution in [2.24, 2.45) is 11.1 Å². The molecule has 0 unspecified atom stereocenters.